The van der Waals surface area contributed by atoms with Crippen LogP contribution in [0.5, 0.6) is 0 Å². The third kappa shape index (κ3) is 4.43. The van der Waals surface area contributed by atoms with Crippen LogP contribution >= 0.6 is 0 Å². The summed E-state index contributed by atoms with van der Waals surface area (Å²) in [5.74, 6) is -2.77. The summed E-state index contributed by atoms with van der Waals surface area (Å²) in [6, 6.07) is 5.74. The fourth-order valence-electron chi connectivity index (χ4n) is 5.87. The van der Waals surface area contributed by atoms with Gasteiger partial charge in [0.05, 0.1) is 6.92 Å². The Kier molecular flexibility index (Phi) is 6.61. The average Bonchev–Trinajstić information content (AvgIpc) is 2.78. The molecule has 0 radical (unpaired) electrons. The van der Waals surface area contributed by atoms with Gasteiger partial charge in [0.15, 0.2) is 23.3 Å². The minimum atomic E-state index is -1.12. The van der Waals surface area contributed by atoms with E-state index in [9.17, 15) is 13.2 Å². The van der Waals surface area contributed by atoms with E-state index in [2.05, 4.69) is 13.8 Å². The number of aryl methyl sites for hydroxylation is 1. The van der Waals surface area contributed by atoms with Gasteiger partial charge < -0.3 is 0 Å². The molecule has 32 heavy (non-hydrogen) atoms. The van der Waals surface area contributed by atoms with E-state index in [-0.39, 0.29) is 28.0 Å². The van der Waals surface area contributed by atoms with Gasteiger partial charge in [-0.3, -0.25) is 0 Å². The molecular formula is C28H33F4+. The molecule has 2 fully saturated rings. The first-order valence-electron chi connectivity index (χ1n) is 12.0. The molecule has 0 heterocycles. The molecule has 0 aromatic heterocycles. The SMILES string of the molecule is [CH2+]C1(C)CCC(C2CCC(c3ccc(-c4ccc(CC)c(F)c4F)c(F)c3F)CC2)CC1. The zero-order chi connectivity index (χ0) is 23.0. The van der Waals surface area contributed by atoms with E-state index in [1.54, 1.807) is 13.0 Å². The van der Waals surface area contributed by atoms with Crippen LogP contribution < -0.4 is 0 Å². The molecule has 4 rings (SSSR count). The maximum Gasteiger partial charge on any atom is 0.167 e. The highest BCUT2D eigenvalue weighted by atomic mass is 19.2. The third-order valence-corrected chi connectivity index (χ3v) is 8.06. The monoisotopic (exact) mass is 445 g/mol. The van der Waals surface area contributed by atoms with Gasteiger partial charge in [-0.2, -0.15) is 0 Å². The largest absolute Gasteiger partial charge is 0.203 e. The molecule has 2 aromatic rings. The van der Waals surface area contributed by atoms with Crippen LogP contribution in [0.4, 0.5) is 17.6 Å². The van der Waals surface area contributed by atoms with E-state index in [0.29, 0.717) is 17.9 Å². The van der Waals surface area contributed by atoms with Crippen molar-refractivity contribution in [3.8, 4) is 11.1 Å². The maximum absolute atomic E-state index is 15.0. The Morgan fingerprint density at radius 2 is 1.28 bits per heavy atom. The number of rotatable bonds is 4. The molecule has 0 spiro atoms. The van der Waals surface area contributed by atoms with Crippen LogP contribution in [0.1, 0.15) is 82.3 Å². The average molecular weight is 446 g/mol. The summed E-state index contributed by atoms with van der Waals surface area (Å²) in [7, 11) is 0. The van der Waals surface area contributed by atoms with Gasteiger partial charge in [-0.05, 0) is 93.6 Å². The molecule has 4 heteroatoms. The highest BCUT2D eigenvalue weighted by Crippen LogP contribution is 2.47. The van der Waals surface area contributed by atoms with Crippen molar-refractivity contribution >= 4 is 0 Å². The molecule has 0 saturated heterocycles. The van der Waals surface area contributed by atoms with Gasteiger partial charge in [-0.15, -0.1) is 0 Å². The molecule has 172 valence electrons. The number of halogens is 4. The van der Waals surface area contributed by atoms with E-state index in [4.69, 9.17) is 0 Å². The third-order valence-electron chi connectivity index (χ3n) is 8.06. The second-order valence-corrected chi connectivity index (χ2v) is 10.3. The summed E-state index contributed by atoms with van der Waals surface area (Å²) in [5, 5.41) is 0. The van der Waals surface area contributed by atoms with Crippen LogP contribution in [0.2, 0.25) is 0 Å². The number of benzene rings is 2. The summed E-state index contributed by atoms with van der Waals surface area (Å²) in [6.07, 6.45) is 8.83. The molecule has 0 aliphatic heterocycles. The van der Waals surface area contributed by atoms with Crippen LogP contribution in [0.15, 0.2) is 24.3 Å². The molecular weight excluding hydrogens is 412 g/mol. The van der Waals surface area contributed by atoms with Crippen LogP contribution in [0, 0.1) is 47.4 Å². The van der Waals surface area contributed by atoms with Gasteiger partial charge in [0.2, 0.25) is 0 Å². The van der Waals surface area contributed by atoms with E-state index < -0.39 is 23.3 Å². The summed E-state index contributed by atoms with van der Waals surface area (Å²) in [5.41, 5.74) is 0.330. The standard InChI is InChI=1S/C28H33F4/c1-4-17-9-10-22(26(31)24(17)29)23-12-11-21(25(30)27(23)32)20-7-5-18(6-8-20)19-13-15-28(2,3)16-14-19/h9-12,18-20H,2,4-8,13-16H2,1,3H3/q+1. The first-order valence-corrected chi connectivity index (χ1v) is 12.0. The lowest BCUT2D eigenvalue weighted by Gasteiger charge is -2.38. The Hall–Kier alpha value is -1.97. The fourth-order valence-corrected chi connectivity index (χ4v) is 5.87. The Morgan fingerprint density at radius 1 is 0.750 bits per heavy atom. The van der Waals surface area contributed by atoms with Gasteiger partial charge in [-0.25, -0.2) is 17.6 Å². The summed E-state index contributed by atoms with van der Waals surface area (Å²) in [4.78, 5) is 0. The lowest BCUT2D eigenvalue weighted by atomic mass is 9.65. The molecule has 0 N–H and O–H groups in total. The van der Waals surface area contributed by atoms with E-state index in [1.165, 1.54) is 31.0 Å². The predicted octanol–water partition coefficient (Wildman–Crippen LogP) is 8.78. The topological polar surface area (TPSA) is 0 Å². The highest BCUT2D eigenvalue weighted by Gasteiger charge is 2.37. The lowest BCUT2D eigenvalue weighted by molar-refractivity contribution is 0.136. The molecule has 0 nitrogen and oxygen atoms in total. The first kappa shape index (κ1) is 23.2. The Bertz CT molecular complexity index is 960. The van der Waals surface area contributed by atoms with Gasteiger partial charge in [0.1, 0.15) is 5.41 Å². The molecule has 0 unspecified atom stereocenters. The summed E-state index contributed by atoms with van der Waals surface area (Å²) >= 11 is 0. The van der Waals surface area contributed by atoms with Gasteiger partial charge in [0, 0.05) is 11.1 Å². The van der Waals surface area contributed by atoms with Gasteiger partial charge in [-0.1, -0.05) is 31.2 Å². The second kappa shape index (κ2) is 9.11. The van der Waals surface area contributed by atoms with Crippen LogP contribution in [-0.2, 0) is 6.42 Å². The first-order chi connectivity index (χ1) is 15.2. The number of hydrogen-bond acceptors (Lipinski definition) is 0. The molecule has 2 saturated carbocycles. The minimum Gasteiger partial charge on any atom is -0.203 e. The Balaban J connectivity index is 1.49. The van der Waals surface area contributed by atoms with Crippen LogP contribution in [0.25, 0.3) is 11.1 Å². The number of hydrogen-bond donors (Lipinski definition) is 0. The van der Waals surface area contributed by atoms with Crippen molar-refractivity contribution in [2.24, 2.45) is 17.3 Å². The maximum atomic E-state index is 15.0. The molecule has 2 aromatic carbocycles. The van der Waals surface area contributed by atoms with Crippen molar-refractivity contribution in [3.63, 3.8) is 0 Å². The van der Waals surface area contributed by atoms with Crippen molar-refractivity contribution < 1.29 is 17.6 Å². The summed E-state index contributed by atoms with van der Waals surface area (Å²) in [6.45, 7) is 8.26. The van der Waals surface area contributed by atoms with Crippen molar-refractivity contribution in [1.29, 1.82) is 0 Å². The second-order valence-electron chi connectivity index (χ2n) is 10.3. The van der Waals surface area contributed by atoms with Crippen molar-refractivity contribution in [1.82, 2.24) is 0 Å². The smallest absolute Gasteiger partial charge is 0.167 e. The van der Waals surface area contributed by atoms with Crippen LogP contribution in [-0.4, -0.2) is 0 Å². The Labute approximate surface area is 189 Å². The quantitative estimate of drug-likeness (QED) is 0.326. The molecule has 0 amide bonds. The van der Waals surface area contributed by atoms with E-state index >= 15 is 4.39 Å². The predicted molar refractivity (Wildman–Crippen MR) is 121 cm³/mol. The highest BCUT2D eigenvalue weighted by molar-refractivity contribution is 5.66. The summed E-state index contributed by atoms with van der Waals surface area (Å²) < 4.78 is 58.7. The van der Waals surface area contributed by atoms with Crippen molar-refractivity contribution in [2.75, 3.05) is 0 Å². The van der Waals surface area contributed by atoms with E-state index in [1.807, 2.05) is 0 Å². The molecule has 0 bridgehead atoms. The normalized spacial score (nSPS) is 28.6. The lowest BCUT2D eigenvalue weighted by Crippen LogP contribution is -2.28. The Morgan fingerprint density at radius 3 is 1.88 bits per heavy atom. The molecule has 2 aliphatic rings. The minimum absolute atomic E-state index is 0.0273. The molecule has 0 atom stereocenters. The van der Waals surface area contributed by atoms with Crippen LogP contribution in [0.3, 0.4) is 0 Å². The van der Waals surface area contributed by atoms with Gasteiger partial charge in [0.25, 0.3) is 0 Å². The fraction of sp³-hybridized carbons (Fsp3) is 0.536. The molecule has 2 aliphatic carbocycles. The van der Waals surface area contributed by atoms with Crippen molar-refractivity contribution in [2.45, 2.75) is 77.6 Å². The zero-order valence-electron chi connectivity index (χ0n) is 19.1. The zero-order valence-corrected chi connectivity index (χ0v) is 19.1. The van der Waals surface area contributed by atoms with Gasteiger partial charge >= 0.3 is 0 Å². The van der Waals surface area contributed by atoms with Crippen molar-refractivity contribution in [3.05, 3.63) is 65.6 Å². The van der Waals surface area contributed by atoms with E-state index in [0.717, 1.165) is 44.4 Å².